The lowest BCUT2D eigenvalue weighted by atomic mass is 10.0. The third-order valence-corrected chi connectivity index (χ3v) is 10.0. The third kappa shape index (κ3) is 6.87. The van der Waals surface area contributed by atoms with Crippen LogP contribution in [-0.4, -0.2) is 102 Å². The molecule has 10 heteroatoms. The van der Waals surface area contributed by atoms with E-state index < -0.39 is 0 Å². The Balaban J connectivity index is 0.855. The van der Waals surface area contributed by atoms with Crippen molar-refractivity contribution in [3.05, 3.63) is 83.7 Å². The van der Waals surface area contributed by atoms with E-state index in [0.29, 0.717) is 42.5 Å². The highest BCUT2D eigenvalue weighted by Crippen LogP contribution is 2.35. The molecule has 0 unspecified atom stereocenters. The summed E-state index contributed by atoms with van der Waals surface area (Å²) in [6.07, 6.45) is 12.5. The average Bonchev–Trinajstić information content (AvgIpc) is 3.76. The average molecular weight is 664 g/mol. The number of nitrogens with zero attached hydrogens (tertiary/aromatic N) is 5. The Labute approximate surface area is 287 Å². The van der Waals surface area contributed by atoms with Crippen molar-refractivity contribution in [2.75, 3.05) is 60.1 Å². The Morgan fingerprint density at radius 1 is 0.898 bits per heavy atom. The van der Waals surface area contributed by atoms with Crippen molar-refractivity contribution >= 4 is 23.4 Å². The standard InChI is InChI=1S/C39H45N5O5/c1-47-31-16-13-28(14-17-31)37-40-36(33-11-5-7-19-44(33)37)39(46)42-23-21-41(22-24-42)18-6-3-4-8-25-49-35-26-29-12-15-30-10-9-20-43(30)38(45)32(29)27-34(35)48-2/h5,7,11-17,19,26-27,30H,3-4,6,8-10,18,20-25H2,1-2H3/t30-/m0/s1. The van der Waals surface area contributed by atoms with Gasteiger partial charge in [-0.15, -0.1) is 0 Å². The molecule has 3 aliphatic heterocycles. The largest absolute Gasteiger partial charge is 0.497 e. The molecule has 7 rings (SSSR count). The van der Waals surface area contributed by atoms with Gasteiger partial charge in [0.25, 0.3) is 11.8 Å². The Kier molecular flexibility index (Phi) is 9.84. The molecule has 2 fully saturated rings. The van der Waals surface area contributed by atoms with E-state index >= 15 is 0 Å². The lowest BCUT2D eigenvalue weighted by Crippen LogP contribution is -2.49. The number of amides is 2. The van der Waals surface area contributed by atoms with E-state index in [4.69, 9.17) is 19.2 Å². The smallest absolute Gasteiger partial charge is 0.274 e. The van der Waals surface area contributed by atoms with Gasteiger partial charge in [-0.05, 0) is 86.3 Å². The lowest BCUT2D eigenvalue weighted by molar-refractivity contribution is 0.0631. The number of hydrogen-bond acceptors (Lipinski definition) is 7. The Bertz CT molecular complexity index is 1830. The van der Waals surface area contributed by atoms with Crippen LogP contribution < -0.4 is 14.2 Å². The second-order valence-electron chi connectivity index (χ2n) is 13.0. The molecule has 3 aliphatic rings. The van der Waals surface area contributed by atoms with Gasteiger partial charge in [0.1, 0.15) is 11.6 Å². The zero-order valence-electron chi connectivity index (χ0n) is 28.5. The lowest BCUT2D eigenvalue weighted by Gasteiger charge is -2.34. The zero-order valence-corrected chi connectivity index (χ0v) is 28.5. The minimum absolute atomic E-state index is 0.0165. The summed E-state index contributed by atoms with van der Waals surface area (Å²) in [4.78, 5) is 38.0. The van der Waals surface area contributed by atoms with E-state index in [0.717, 1.165) is 92.9 Å². The van der Waals surface area contributed by atoms with Crippen molar-refractivity contribution in [2.45, 2.75) is 44.6 Å². The second kappa shape index (κ2) is 14.7. The van der Waals surface area contributed by atoms with Crippen molar-refractivity contribution in [1.82, 2.24) is 24.1 Å². The number of ether oxygens (including phenoxy) is 3. The number of carbonyl (C=O) groups excluding carboxylic acids is 2. The molecule has 2 aromatic heterocycles. The van der Waals surface area contributed by atoms with Crippen molar-refractivity contribution in [1.29, 1.82) is 0 Å². The number of fused-ring (bicyclic) bond motifs is 3. The van der Waals surface area contributed by atoms with E-state index in [1.807, 2.05) is 75.0 Å². The summed E-state index contributed by atoms with van der Waals surface area (Å²) in [6.45, 7) is 5.54. The molecule has 256 valence electrons. The molecule has 0 radical (unpaired) electrons. The van der Waals surface area contributed by atoms with Crippen LogP contribution in [0.15, 0.2) is 66.9 Å². The van der Waals surface area contributed by atoms with Gasteiger partial charge in [-0.1, -0.05) is 31.1 Å². The molecular weight excluding hydrogens is 618 g/mol. The number of rotatable bonds is 12. The van der Waals surface area contributed by atoms with Crippen LogP contribution in [0.5, 0.6) is 17.2 Å². The fourth-order valence-corrected chi connectivity index (χ4v) is 7.22. The second-order valence-corrected chi connectivity index (χ2v) is 13.0. The van der Waals surface area contributed by atoms with Crippen LogP contribution in [0, 0.1) is 0 Å². The first kappa shape index (κ1) is 32.7. The quantitative estimate of drug-likeness (QED) is 0.171. The van der Waals surface area contributed by atoms with Crippen LogP contribution in [0.1, 0.15) is 64.9 Å². The molecule has 0 bridgehead atoms. The van der Waals surface area contributed by atoms with Gasteiger partial charge in [0.15, 0.2) is 17.2 Å². The monoisotopic (exact) mass is 663 g/mol. The first-order chi connectivity index (χ1) is 24.0. The van der Waals surface area contributed by atoms with Crippen LogP contribution in [0.25, 0.3) is 23.0 Å². The third-order valence-electron chi connectivity index (χ3n) is 10.0. The molecule has 0 spiro atoms. The van der Waals surface area contributed by atoms with Gasteiger partial charge in [0, 0.05) is 44.5 Å². The number of unbranched alkanes of at least 4 members (excludes halogenated alkanes) is 3. The number of benzene rings is 2. The summed E-state index contributed by atoms with van der Waals surface area (Å²) in [6, 6.07) is 17.6. The molecule has 0 saturated carbocycles. The predicted octanol–water partition coefficient (Wildman–Crippen LogP) is 6.05. The van der Waals surface area contributed by atoms with Gasteiger partial charge in [0.05, 0.1) is 37.9 Å². The topological polar surface area (TPSA) is 88.9 Å². The summed E-state index contributed by atoms with van der Waals surface area (Å²) in [5, 5.41) is 0. The first-order valence-corrected chi connectivity index (χ1v) is 17.5. The Morgan fingerprint density at radius 2 is 1.71 bits per heavy atom. The van der Waals surface area contributed by atoms with Crippen molar-refractivity contribution in [3.8, 4) is 28.6 Å². The highest BCUT2D eigenvalue weighted by Gasteiger charge is 2.32. The molecule has 0 aliphatic carbocycles. The highest BCUT2D eigenvalue weighted by molar-refractivity contribution is 6.01. The molecule has 2 amide bonds. The van der Waals surface area contributed by atoms with Crippen LogP contribution in [0.4, 0.5) is 0 Å². The van der Waals surface area contributed by atoms with Crippen LogP contribution in [0.2, 0.25) is 0 Å². The van der Waals surface area contributed by atoms with E-state index in [1.54, 1.807) is 14.2 Å². The normalized spacial score (nSPS) is 17.6. The van der Waals surface area contributed by atoms with E-state index in [9.17, 15) is 9.59 Å². The highest BCUT2D eigenvalue weighted by atomic mass is 16.5. The van der Waals surface area contributed by atoms with E-state index in [2.05, 4.69) is 17.1 Å². The van der Waals surface area contributed by atoms with Gasteiger partial charge in [-0.2, -0.15) is 0 Å². The van der Waals surface area contributed by atoms with E-state index in [1.165, 1.54) is 0 Å². The molecule has 1 atom stereocenters. The van der Waals surface area contributed by atoms with Gasteiger partial charge in [-0.25, -0.2) is 4.98 Å². The van der Waals surface area contributed by atoms with Gasteiger partial charge >= 0.3 is 0 Å². The number of methoxy groups -OCH3 is 2. The summed E-state index contributed by atoms with van der Waals surface area (Å²) in [7, 11) is 3.27. The van der Waals surface area contributed by atoms with Gasteiger partial charge in [0.2, 0.25) is 0 Å². The van der Waals surface area contributed by atoms with Crippen LogP contribution >= 0.6 is 0 Å². The predicted molar refractivity (Wildman–Crippen MR) is 190 cm³/mol. The number of imidazole rings is 1. The summed E-state index contributed by atoms with van der Waals surface area (Å²) in [5.74, 6) is 2.88. The summed E-state index contributed by atoms with van der Waals surface area (Å²) in [5.41, 5.74) is 3.83. The van der Waals surface area contributed by atoms with Crippen molar-refractivity contribution in [2.24, 2.45) is 0 Å². The number of hydrogen-bond donors (Lipinski definition) is 0. The van der Waals surface area contributed by atoms with Crippen molar-refractivity contribution in [3.63, 3.8) is 0 Å². The molecular formula is C39H45N5O5. The molecule has 0 N–H and O–H groups in total. The number of pyridine rings is 1. The fraction of sp³-hybridized carbons (Fsp3) is 0.410. The minimum atomic E-state index is -0.0165. The molecule has 2 aromatic carbocycles. The molecule has 2 saturated heterocycles. The van der Waals surface area contributed by atoms with Gasteiger partial charge < -0.3 is 24.0 Å². The number of aromatic nitrogens is 2. The molecule has 49 heavy (non-hydrogen) atoms. The fourth-order valence-electron chi connectivity index (χ4n) is 7.22. The SMILES string of the molecule is COc1ccc(-c2nc(C(=O)N3CCN(CCCCCCOc4cc5c(cc4OC)C(=O)N4CCC[C@H]4C=C5)CC3)c3ccccn23)cc1. The van der Waals surface area contributed by atoms with E-state index in [-0.39, 0.29) is 17.9 Å². The van der Waals surface area contributed by atoms with Crippen molar-refractivity contribution < 1.29 is 23.8 Å². The van der Waals surface area contributed by atoms with Crippen LogP contribution in [-0.2, 0) is 0 Å². The maximum absolute atomic E-state index is 13.7. The maximum Gasteiger partial charge on any atom is 0.274 e. The molecule has 10 nitrogen and oxygen atoms in total. The summed E-state index contributed by atoms with van der Waals surface area (Å²) < 4.78 is 19.1. The molecule has 5 heterocycles. The minimum Gasteiger partial charge on any atom is -0.497 e. The maximum atomic E-state index is 13.7. The first-order valence-electron chi connectivity index (χ1n) is 17.5. The number of carbonyl (C=O) groups is 2. The van der Waals surface area contributed by atoms with Gasteiger partial charge in [-0.3, -0.25) is 18.9 Å². The Morgan fingerprint density at radius 3 is 2.51 bits per heavy atom. The summed E-state index contributed by atoms with van der Waals surface area (Å²) >= 11 is 0. The van der Waals surface area contributed by atoms with Crippen LogP contribution in [0.3, 0.4) is 0 Å². The Hall–Kier alpha value is -4.83. The zero-order chi connectivity index (χ0) is 33.7. The number of piperazine rings is 1. The molecule has 4 aromatic rings.